The number of benzene rings is 1. The zero-order chi connectivity index (χ0) is 16.7. The van der Waals surface area contributed by atoms with E-state index in [4.69, 9.17) is 9.57 Å². The first-order valence-corrected chi connectivity index (χ1v) is 7.80. The minimum atomic E-state index is -0.397. The highest BCUT2D eigenvalue weighted by molar-refractivity contribution is 5.96. The molecule has 0 saturated carbocycles. The van der Waals surface area contributed by atoms with E-state index in [9.17, 15) is 9.59 Å². The van der Waals surface area contributed by atoms with Gasteiger partial charge in [0.05, 0.1) is 0 Å². The van der Waals surface area contributed by atoms with Crippen molar-refractivity contribution in [2.24, 2.45) is 0 Å². The molecule has 2 rings (SSSR count). The van der Waals surface area contributed by atoms with Crippen molar-refractivity contribution in [3.05, 3.63) is 29.8 Å². The third-order valence-electron chi connectivity index (χ3n) is 3.22. The van der Waals surface area contributed by atoms with Crippen LogP contribution in [0, 0.1) is 0 Å². The van der Waals surface area contributed by atoms with Crippen molar-refractivity contribution in [3.8, 4) is 0 Å². The van der Waals surface area contributed by atoms with E-state index in [0.717, 1.165) is 19.3 Å². The van der Waals surface area contributed by atoms with E-state index in [1.165, 1.54) is 0 Å². The maximum atomic E-state index is 12.1. The lowest BCUT2D eigenvalue weighted by Crippen LogP contribution is -2.34. The lowest BCUT2D eigenvalue weighted by molar-refractivity contribution is -0.186. The van der Waals surface area contributed by atoms with Crippen molar-refractivity contribution in [1.82, 2.24) is 10.8 Å². The lowest BCUT2D eigenvalue weighted by atomic mass is 10.2. The molecule has 3 amide bonds. The number of anilines is 1. The van der Waals surface area contributed by atoms with Gasteiger partial charge in [-0.3, -0.25) is 4.79 Å². The molecule has 0 aromatic heterocycles. The molecule has 1 atom stereocenters. The largest absolute Gasteiger partial charge is 0.350 e. The Morgan fingerprint density at radius 1 is 1.30 bits per heavy atom. The fraction of sp³-hybridized carbons (Fsp3) is 0.500. The minimum absolute atomic E-state index is 0.0328. The van der Waals surface area contributed by atoms with Crippen molar-refractivity contribution in [2.75, 3.05) is 11.9 Å². The van der Waals surface area contributed by atoms with Crippen molar-refractivity contribution < 1.29 is 19.2 Å². The molecule has 0 bridgehead atoms. The first-order valence-electron chi connectivity index (χ1n) is 7.80. The molecule has 7 nitrogen and oxygen atoms in total. The normalized spacial score (nSPS) is 17.6. The molecule has 1 aromatic rings. The van der Waals surface area contributed by atoms with Gasteiger partial charge in [-0.15, -0.1) is 0 Å². The van der Waals surface area contributed by atoms with Crippen LogP contribution in [0.4, 0.5) is 10.5 Å². The monoisotopic (exact) mass is 321 g/mol. The third kappa shape index (κ3) is 5.88. The van der Waals surface area contributed by atoms with E-state index >= 15 is 0 Å². The highest BCUT2D eigenvalue weighted by Crippen LogP contribution is 2.14. The predicted octanol–water partition coefficient (Wildman–Crippen LogP) is 2.40. The Morgan fingerprint density at radius 3 is 2.83 bits per heavy atom. The fourth-order valence-corrected chi connectivity index (χ4v) is 2.15. The van der Waals surface area contributed by atoms with Crippen LogP contribution < -0.4 is 16.1 Å². The van der Waals surface area contributed by atoms with Crippen LogP contribution in [0.3, 0.4) is 0 Å². The summed E-state index contributed by atoms with van der Waals surface area (Å²) in [4.78, 5) is 29.0. The summed E-state index contributed by atoms with van der Waals surface area (Å²) >= 11 is 0. The van der Waals surface area contributed by atoms with Crippen LogP contribution in [0.2, 0.25) is 0 Å². The molecule has 1 fully saturated rings. The molecule has 0 unspecified atom stereocenters. The van der Waals surface area contributed by atoms with Gasteiger partial charge >= 0.3 is 6.03 Å². The molecule has 1 aliphatic rings. The molecule has 1 aromatic carbocycles. The lowest BCUT2D eigenvalue weighted by Gasteiger charge is -2.22. The number of carbonyl (C=O) groups excluding carboxylic acids is 2. The van der Waals surface area contributed by atoms with Gasteiger partial charge in [-0.25, -0.2) is 15.1 Å². The first kappa shape index (κ1) is 17.2. The van der Waals surface area contributed by atoms with Crippen LogP contribution in [0.15, 0.2) is 24.3 Å². The number of amides is 3. The number of carbonyl (C=O) groups is 2. The SMILES string of the molecule is CC(C)NC(=O)Nc1cccc(C(=O)NO[C@H]2CCCCO2)c1. The van der Waals surface area contributed by atoms with Gasteiger partial charge in [0.2, 0.25) is 0 Å². The molecule has 126 valence electrons. The number of rotatable bonds is 5. The summed E-state index contributed by atoms with van der Waals surface area (Å²) in [7, 11) is 0. The first-order chi connectivity index (χ1) is 11.0. The van der Waals surface area contributed by atoms with Crippen molar-refractivity contribution in [3.63, 3.8) is 0 Å². The van der Waals surface area contributed by atoms with Gasteiger partial charge in [-0.1, -0.05) is 6.07 Å². The maximum Gasteiger partial charge on any atom is 0.319 e. The minimum Gasteiger partial charge on any atom is -0.350 e. The molecule has 23 heavy (non-hydrogen) atoms. The van der Waals surface area contributed by atoms with E-state index < -0.39 is 6.29 Å². The Bertz CT molecular complexity index is 542. The number of urea groups is 1. The van der Waals surface area contributed by atoms with Crippen LogP contribution in [-0.2, 0) is 9.57 Å². The molecular weight excluding hydrogens is 298 g/mol. The standard InChI is InChI=1S/C16H23N3O4/c1-11(2)17-16(21)18-13-7-5-6-12(10-13)15(20)19-23-14-8-3-4-9-22-14/h5-7,10-11,14H,3-4,8-9H2,1-2H3,(H,19,20)(H2,17,18,21)/t14-/m0/s1. The van der Waals surface area contributed by atoms with E-state index in [2.05, 4.69) is 16.1 Å². The number of hydroxylamine groups is 1. The molecule has 0 radical (unpaired) electrons. The average molecular weight is 321 g/mol. The summed E-state index contributed by atoms with van der Waals surface area (Å²) in [5.41, 5.74) is 3.31. The number of nitrogens with one attached hydrogen (secondary N) is 3. The topological polar surface area (TPSA) is 88.7 Å². The Balaban J connectivity index is 1.87. The quantitative estimate of drug-likeness (QED) is 0.727. The summed E-state index contributed by atoms with van der Waals surface area (Å²) in [6.07, 6.45) is 2.40. The van der Waals surface area contributed by atoms with Gasteiger partial charge in [-0.2, -0.15) is 0 Å². The summed E-state index contributed by atoms with van der Waals surface area (Å²) in [5.74, 6) is -0.382. The van der Waals surface area contributed by atoms with Crippen molar-refractivity contribution in [2.45, 2.75) is 45.4 Å². The van der Waals surface area contributed by atoms with Gasteiger partial charge in [0.1, 0.15) is 0 Å². The van der Waals surface area contributed by atoms with Gasteiger partial charge in [0.15, 0.2) is 6.29 Å². The second-order valence-corrected chi connectivity index (χ2v) is 5.68. The number of hydrogen-bond donors (Lipinski definition) is 3. The highest BCUT2D eigenvalue weighted by Gasteiger charge is 2.16. The van der Waals surface area contributed by atoms with E-state index in [-0.39, 0.29) is 18.0 Å². The summed E-state index contributed by atoms with van der Waals surface area (Å²) in [5, 5.41) is 5.39. The highest BCUT2D eigenvalue weighted by atomic mass is 16.8. The Hall–Kier alpha value is -2.12. The smallest absolute Gasteiger partial charge is 0.319 e. The van der Waals surface area contributed by atoms with Crippen molar-refractivity contribution in [1.29, 1.82) is 0 Å². The van der Waals surface area contributed by atoms with Crippen LogP contribution in [0.5, 0.6) is 0 Å². The second-order valence-electron chi connectivity index (χ2n) is 5.68. The van der Waals surface area contributed by atoms with Crippen molar-refractivity contribution >= 4 is 17.6 Å². The van der Waals surface area contributed by atoms with E-state index in [1.54, 1.807) is 24.3 Å². The molecule has 1 saturated heterocycles. The average Bonchev–Trinajstić information content (AvgIpc) is 2.53. The van der Waals surface area contributed by atoms with Gasteiger partial charge in [0, 0.05) is 30.3 Å². The van der Waals surface area contributed by atoms with Gasteiger partial charge in [0.25, 0.3) is 5.91 Å². The van der Waals surface area contributed by atoms with E-state index in [0.29, 0.717) is 17.9 Å². The van der Waals surface area contributed by atoms with Gasteiger partial charge in [-0.05, 0) is 44.9 Å². The molecule has 0 spiro atoms. The molecule has 3 N–H and O–H groups in total. The Labute approximate surface area is 135 Å². The summed E-state index contributed by atoms with van der Waals surface area (Å²) < 4.78 is 5.38. The predicted molar refractivity (Wildman–Crippen MR) is 85.9 cm³/mol. The summed E-state index contributed by atoms with van der Waals surface area (Å²) in [6, 6.07) is 6.35. The molecular formula is C16H23N3O4. The van der Waals surface area contributed by atoms with E-state index in [1.807, 2.05) is 13.8 Å². The molecule has 7 heteroatoms. The Kier molecular flexibility index (Phi) is 6.37. The summed E-state index contributed by atoms with van der Waals surface area (Å²) in [6.45, 7) is 4.38. The van der Waals surface area contributed by atoms with Crippen LogP contribution in [0.1, 0.15) is 43.5 Å². The van der Waals surface area contributed by atoms with Crippen LogP contribution in [0.25, 0.3) is 0 Å². The molecule has 1 heterocycles. The number of hydrogen-bond acceptors (Lipinski definition) is 4. The zero-order valence-electron chi connectivity index (χ0n) is 13.4. The zero-order valence-corrected chi connectivity index (χ0v) is 13.4. The number of ether oxygens (including phenoxy) is 1. The van der Waals surface area contributed by atoms with Crippen LogP contribution in [-0.4, -0.2) is 30.9 Å². The second kappa shape index (κ2) is 8.50. The fourth-order valence-electron chi connectivity index (χ4n) is 2.15. The maximum absolute atomic E-state index is 12.1. The molecule has 1 aliphatic heterocycles. The van der Waals surface area contributed by atoms with Crippen LogP contribution >= 0.6 is 0 Å². The third-order valence-corrected chi connectivity index (χ3v) is 3.22. The molecule has 0 aliphatic carbocycles. The Morgan fingerprint density at radius 2 is 2.13 bits per heavy atom. The van der Waals surface area contributed by atoms with Gasteiger partial charge < -0.3 is 15.4 Å².